The highest BCUT2D eigenvalue weighted by Crippen LogP contribution is 2.23. The lowest BCUT2D eigenvalue weighted by Gasteiger charge is -2.05. The van der Waals surface area contributed by atoms with Crippen molar-refractivity contribution in [2.75, 3.05) is 0 Å². The van der Waals surface area contributed by atoms with Crippen molar-refractivity contribution < 1.29 is 4.39 Å². The second kappa shape index (κ2) is 4.81. The van der Waals surface area contributed by atoms with Crippen LogP contribution in [0.1, 0.15) is 19.4 Å². The second-order valence-corrected chi connectivity index (χ2v) is 4.20. The van der Waals surface area contributed by atoms with Gasteiger partial charge in [-0.1, -0.05) is 29.3 Å². The van der Waals surface area contributed by atoms with Gasteiger partial charge in [-0.15, -0.1) is 11.6 Å². The van der Waals surface area contributed by atoms with Crippen molar-refractivity contribution in [3.8, 4) is 0 Å². The Balaban J connectivity index is 3.14. The molecule has 0 aliphatic rings. The summed E-state index contributed by atoms with van der Waals surface area (Å²) in [6, 6.07) is 4.61. The van der Waals surface area contributed by atoms with Gasteiger partial charge in [0.25, 0.3) is 0 Å². The monoisotopic (exact) mass is 232 g/mol. The predicted octanol–water partition coefficient (Wildman–Crippen LogP) is 4.51. The van der Waals surface area contributed by atoms with E-state index >= 15 is 0 Å². The van der Waals surface area contributed by atoms with Gasteiger partial charge < -0.3 is 0 Å². The lowest BCUT2D eigenvalue weighted by Crippen LogP contribution is -1.93. The summed E-state index contributed by atoms with van der Waals surface area (Å²) >= 11 is 11.7. The first-order valence-electron chi connectivity index (χ1n) is 4.28. The fourth-order valence-corrected chi connectivity index (χ4v) is 1.27. The van der Waals surface area contributed by atoms with Crippen LogP contribution in [-0.4, -0.2) is 5.38 Å². The molecule has 0 amide bonds. The normalized spacial score (nSPS) is 14.2. The van der Waals surface area contributed by atoms with Crippen LogP contribution in [0, 0.1) is 5.82 Å². The highest BCUT2D eigenvalue weighted by molar-refractivity contribution is 6.32. The predicted molar refractivity (Wildman–Crippen MR) is 60.4 cm³/mol. The second-order valence-electron chi connectivity index (χ2n) is 3.14. The Bertz CT molecular complexity index is 336. The highest BCUT2D eigenvalue weighted by atomic mass is 35.5. The maximum atomic E-state index is 13.3. The summed E-state index contributed by atoms with van der Waals surface area (Å²) in [7, 11) is 0. The van der Waals surface area contributed by atoms with Crippen LogP contribution >= 0.6 is 23.2 Å². The molecule has 0 spiro atoms. The Hall–Kier alpha value is -0.530. The van der Waals surface area contributed by atoms with Gasteiger partial charge in [0.15, 0.2) is 0 Å². The Kier molecular flexibility index (Phi) is 3.97. The van der Waals surface area contributed by atoms with Gasteiger partial charge in [-0.3, -0.25) is 0 Å². The summed E-state index contributed by atoms with van der Waals surface area (Å²) in [5.74, 6) is -0.325. The molecular formula is C11H11Cl2F. The minimum Gasteiger partial charge on any atom is -0.206 e. The average molecular weight is 233 g/mol. The molecule has 0 heterocycles. The largest absolute Gasteiger partial charge is 0.206 e. The molecule has 14 heavy (non-hydrogen) atoms. The Labute approximate surface area is 93.3 Å². The van der Waals surface area contributed by atoms with Crippen LogP contribution in [0.4, 0.5) is 4.39 Å². The van der Waals surface area contributed by atoms with Crippen LogP contribution in [0.5, 0.6) is 0 Å². The minimum atomic E-state index is -0.325. The van der Waals surface area contributed by atoms with E-state index in [9.17, 15) is 4.39 Å². The standard InChI is InChI=1S/C11H11Cl2F/c1-7(8(2)12)6-9-10(13)4-3-5-11(9)14/h3-6,8H,1-2H3/b7-6+. The van der Waals surface area contributed by atoms with E-state index in [1.54, 1.807) is 18.2 Å². The van der Waals surface area contributed by atoms with Crippen LogP contribution in [0.3, 0.4) is 0 Å². The minimum absolute atomic E-state index is 0.120. The Morgan fingerprint density at radius 2 is 2.14 bits per heavy atom. The zero-order chi connectivity index (χ0) is 10.7. The molecule has 0 saturated heterocycles. The number of hydrogen-bond acceptors (Lipinski definition) is 0. The molecule has 0 N–H and O–H groups in total. The number of alkyl halides is 1. The molecule has 0 aromatic heterocycles. The zero-order valence-electron chi connectivity index (χ0n) is 8.02. The van der Waals surface area contributed by atoms with Crippen LogP contribution in [0.2, 0.25) is 5.02 Å². The summed E-state index contributed by atoms with van der Waals surface area (Å²) < 4.78 is 13.3. The van der Waals surface area contributed by atoms with E-state index in [1.807, 2.05) is 13.8 Å². The van der Waals surface area contributed by atoms with E-state index < -0.39 is 0 Å². The Morgan fingerprint density at radius 1 is 1.50 bits per heavy atom. The van der Waals surface area contributed by atoms with Crippen molar-refractivity contribution in [2.45, 2.75) is 19.2 Å². The lowest BCUT2D eigenvalue weighted by atomic mass is 10.1. The van der Waals surface area contributed by atoms with Crippen molar-refractivity contribution in [1.29, 1.82) is 0 Å². The molecule has 1 rings (SSSR count). The molecule has 0 nitrogen and oxygen atoms in total. The van der Waals surface area contributed by atoms with Gasteiger partial charge in [0.05, 0.1) is 10.4 Å². The molecule has 3 heteroatoms. The molecule has 1 unspecified atom stereocenters. The van der Waals surface area contributed by atoms with Crippen molar-refractivity contribution in [2.24, 2.45) is 0 Å². The van der Waals surface area contributed by atoms with E-state index in [1.165, 1.54) is 6.07 Å². The Morgan fingerprint density at radius 3 is 2.64 bits per heavy atom. The van der Waals surface area contributed by atoms with Crippen molar-refractivity contribution >= 4 is 29.3 Å². The molecule has 0 radical (unpaired) electrons. The quantitative estimate of drug-likeness (QED) is 0.659. The van der Waals surface area contributed by atoms with Crippen molar-refractivity contribution in [3.05, 3.63) is 40.2 Å². The van der Waals surface area contributed by atoms with Gasteiger partial charge in [0.1, 0.15) is 5.82 Å². The molecule has 1 aromatic carbocycles. The summed E-state index contributed by atoms with van der Waals surface area (Å²) in [5.41, 5.74) is 1.29. The summed E-state index contributed by atoms with van der Waals surface area (Å²) in [5, 5.41) is 0.285. The van der Waals surface area contributed by atoms with Gasteiger partial charge in [-0.05, 0) is 26.0 Å². The third-order valence-electron chi connectivity index (χ3n) is 2.00. The topological polar surface area (TPSA) is 0 Å². The third-order valence-corrected chi connectivity index (χ3v) is 2.67. The molecule has 1 aromatic rings. The zero-order valence-corrected chi connectivity index (χ0v) is 9.53. The first-order valence-corrected chi connectivity index (χ1v) is 5.10. The van der Waals surface area contributed by atoms with E-state index in [2.05, 4.69) is 0 Å². The van der Waals surface area contributed by atoms with Gasteiger partial charge in [0, 0.05) is 5.56 Å². The third kappa shape index (κ3) is 2.73. The van der Waals surface area contributed by atoms with Crippen LogP contribution in [0.15, 0.2) is 23.8 Å². The lowest BCUT2D eigenvalue weighted by molar-refractivity contribution is 0.625. The first kappa shape index (κ1) is 11.5. The smallest absolute Gasteiger partial charge is 0.131 e. The molecule has 0 fully saturated rings. The first-order chi connectivity index (χ1) is 6.52. The number of rotatable bonds is 2. The summed E-state index contributed by atoms with van der Waals surface area (Å²) in [6.45, 7) is 3.68. The molecular weight excluding hydrogens is 222 g/mol. The van der Waals surface area contributed by atoms with E-state index in [-0.39, 0.29) is 11.2 Å². The molecule has 1 atom stereocenters. The molecule has 0 bridgehead atoms. The molecule has 76 valence electrons. The SMILES string of the molecule is C/C(=C\c1c(F)cccc1Cl)C(C)Cl. The fourth-order valence-electron chi connectivity index (χ4n) is 0.991. The van der Waals surface area contributed by atoms with E-state index in [0.717, 1.165) is 5.57 Å². The van der Waals surface area contributed by atoms with Crippen molar-refractivity contribution in [1.82, 2.24) is 0 Å². The van der Waals surface area contributed by atoms with Gasteiger partial charge in [0.2, 0.25) is 0 Å². The van der Waals surface area contributed by atoms with E-state index in [0.29, 0.717) is 10.6 Å². The maximum absolute atomic E-state index is 13.3. The summed E-state index contributed by atoms with van der Waals surface area (Å²) in [6.07, 6.45) is 1.68. The number of benzene rings is 1. The van der Waals surface area contributed by atoms with Gasteiger partial charge in [-0.25, -0.2) is 4.39 Å². The number of hydrogen-bond donors (Lipinski definition) is 0. The fraction of sp³-hybridized carbons (Fsp3) is 0.273. The van der Waals surface area contributed by atoms with Crippen LogP contribution in [-0.2, 0) is 0 Å². The number of allylic oxidation sites excluding steroid dienone is 1. The van der Waals surface area contributed by atoms with Crippen LogP contribution < -0.4 is 0 Å². The molecule has 0 saturated carbocycles. The van der Waals surface area contributed by atoms with Gasteiger partial charge in [-0.2, -0.15) is 0 Å². The molecule has 0 aliphatic carbocycles. The molecule has 0 aliphatic heterocycles. The number of halogens is 3. The highest BCUT2D eigenvalue weighted by Gasteiger charge is 2.06. The maximum Gasteiger partial charge on any atom is 0.131 e. The van der Waals surface area contributed by atoms with Gasteiger partial charge >= 0.3 is 0 Å². The van der Waals surface area contributed by atoms with Crippen LogP contribution in [0.25, 0.3) is 6.08 Å². The average Bonchev–Trinajstić information content (AvgIpc) is 2.11. The van der Waals surface area contributed by atoms with Crippen molar-refractivity contribution in [3.63, 3.8) is 0 Å². The summed E-state index contributed by atoms with van der Waals surface area (Å²) in [4.78, 5) is 0. The van der Waals surface area contributed by atoms with E-state index in [4.69, 9.17) is 23.2 Å².